The van der Waals surface area contributed by atoms with Gasteiger partial charge in [0.1, 0.15) is 17.8 Å². The van der Waals surface area contributed by atoms with E-state index >= 15 is 0 Å². The van der Waals surface area contributed by atoms with Gasteiger partial charge in [-0.3, -0.25) is 4.79 Å². The largest absolute Gasteiger partial charge is 0.467 e. The molecule has 1 amide bonds. The number of nitrogens with zero attached hydrogens (tertiary/aromatic N) is 3. The lowest BCUT2D eigenvalue weighted by molar-refractivity contribution is -0.158. The summed E-state index contributed by atoms with van der Waals surface area (Å²) in [5.41, 5.74) is 0.113. The summed E-state index contributed by atoms with van der Waals surface area (Å²) in [6.45, 7) is 5.39. The van der Waals surface area contributed by atoms with Gasteiger partial charge in [0.2, 0.25) is 15.9 Å². The SMILES string of the molecule is CC[C@H](C)[C@@H](C(=O)OC)N1CCN(S(=O)(=O)c2ccc(N=O)cc2)[C@@H](C)C1=O. The molecule has 9 nitrogen and oxygen atoms in total. The molecule has 10 heteroatoms. The molecule has 1 aromatic rings. The van der Waals surface area contributed by atoms with Crippen molar-refractivity contribution in [2.45, 2.75) is 44.2 Å². The lowest BCUT2D eigenvalue weighted by atomic mass is 9.96. The first-order chi connectivity index (χ1) is 13.2. The second-order valence-electron chi connectivity index (χ2n) is 6.76. The van der Waals surface area contributed by atoms with Crippen LogP contribution in [0.1, 0.15) is 27.2 Å². The van der Waals surface area contributed by atoms with Crippen LogP contribution in [0.15, 0.2) is 34.3 Å². The number of nitroso groups, excluding NO2 is 1. The highest BCUT2D eigenvalue weighted by Crippen LogP contribution is 2.27. The van der Waals surface area contributed by atoms with Crippen molar-refractivity contribution in [2.24, 2.45) is 11.1 Å². The third kappa shape index (κ3) is 4.07. The zero-order valence-corrected chi connectivity index (χ0v) is 17.2. The van der Waals surface area contributed by atoms with Gasteiger partial charge in [-0.2, -0.15) is 4.31 Å². The molecule has 1 fully saturated rings. The van der Waals surface area contributed by atoms with Crippen LogP contribution >= 0.6 is 0 Å². The van der Waals surface area contributed by atoms with Crippen LogP contribution in [0.4, 0.5) is 5.69 Å². The van der Waals surface area contributed by atoms with Crippen LogP contribution in [0.25, 0.3) is 0 Å². The van der Waals surface area contributed by atoms with Gasteiger partial charge in [0.15, 0.2) is 0 Å². The fourth-order valence-corrected chi connectivity index (χ4v) is 4.88. The summed E-state index contributed by atoms with van der Waals surface area (Å²) in [6, 6.07) is 3.45. The van der Waals surface area contributed by atoms with Gasteiger partial charge < -0.3 is 9.64 Å². The number of sulfonamides is 1. The molecule has 1 aliphatic heterocycles. The van der Waals surface area contributed by atoms with Gasteiger partial charge >= 0.3 is 5.97 Å². The standard InChI is InChI=1S/C18H25N3O6S/c1-5-12(2)16(18(23)27-4)20-10-11-21(13(3)17(20)22)28(25,26)15-8-6-14(19-24)7-9-15/h6-9,12-13,16H,5,10-11H2,1-4H3/t12-,13-,16-/m0/s1. The van der Waals surface area contributed by atoms with Gasteiger partial charge in [-0.25, -0.2) is 13.2 Å². The fourth-order valence-electron chi connectivity index (χ4n) is 3.30. The summed E-state index contributed by atoms with van der Waals surface area (Å²) in [4.78, 5) is 37.1. The van der Waals surface area contributed by atoms with E-state index in [1.165, 1.54) is 43.2 Å². The minimum atomic E-state index is -3.94. The lowest BCUT2D eigenvalue weighted by Gasteiger charge is -2.42. The van der Waals surface area contributed by atoms with Gasteiger partial charge in [-0.1, -0.05) is 20.3 Å². The van der Waals surface area contributed by atoms with Gasteiger partial charge in [0.05, 0.1) is 12.0 Å². The van der Waals surface area contributed by atoms with Crippen molar-refractivity contribution in [1.29, 1.82) is 0 Å². The van der Waals surface area contributed by atoms with Crippen LogP contribution in [-0.4, -0.2) is 61.8 Å². The topological polar surface area (TPSA) is 113 Å². The Morgan fingerprint density at radius 1 is 1.29 bits per heavy atom. The van der Waals surface area contributed by atoms with Crippen LogP contribution < -0.4 is 0 Å². The number of hydrogen-bond acceptors (Lipinski definition) is 7. The monoisotopic (exact) mass is 411 g/mol. The highest BCUT2D eigenvalue weighted by Gasteiger charge is 2.44. The first kappa shape index (κ1) is 22.0. The van der Waals surface area contributed by atoms with Crippen molar-refractivity contribution in [2.75, 3.05) is 20.2 Å². The number of esters is 1. The average molecular weight is 411 g/mol. The molecule has 0 spiro atoms. The summed E-state index contributed by atoms with van der Waals surface area (Å²) in [7, 11) is -2.68. The summed E-state index contributed by atoms with van der Waals surface area (Å²) in [5.74, 6) is -1.09. The molecule has 3 atom stereocenters. The summed E-state index contributed by atoms with van der Waals surface area (Å²) >= 11 is 0. The summed E-state index contributed by atoms with van der Waals surface area (Å²) in [6.07, 6.45) is 0.664. The number of amides is 1. The predicted molar refractivity (Wildman–Crippen MR) is 102 cm³/mol. The minimum absolute atomic E-state index is 0.0283. The number of hydrogen-bond donors (Lipinski definition) is 0. The Labute approximate surface area is 164 Å². The molecule has 0 saturated carbocycles. The van der Waals surface area contributed by atoms with E-state index in [0.29, 0.717) is 6.42 Å². The normalized spacial score (nSPS) is 20.5. The van der Waals surface area contributed by atoms with E-state index < -0.39 is 34.0 Å². The van der Waals surface area contributed by atoms with E-state index in [0.717, 1.165) is 4.31 Å². The average Bonchev–Trinajstić information content (AvgIpc) is 2.70. The summed E-state index contributed by atoms with van der Waals surface area (Å²) in [5, 5.41) is 2.75. The van der Waals surface area contributed by atoms with Crippen LogP contribution in [0.5, 0.6) is 0 Å². The van der Waals surface area contributed by atoms with Crippen LogP contribution in [0.3, 0.4) is 0 Å². The smallest absolute Gasteiger partial charge is 0.328 e. The van der Waals surface area contributed by atoms with Crippen LogP contribution in [-0.2, 0) is 24.3 Å². The maximum absolute atomic E-state index is 13.0. The number of methoxy groups -OCH3 is 1. The van der Waals surface area contributed by atoms with E-state index in [1.807, 2.05) is 13.8 Å². The highest BCUT2D eigenvalue weighted by molar-refractivity contribution is 7.89. The fraction of sp³-hybridized carbons (Fsp3) is 0.556. The number of rotatable bonds is 7. The van der Waals surface area contributed by atoms with E-state index in [9.17, 15) is 22.9 Å². The molecule has 1 heterocycles. The third-order valence-corrected chi connectivity index (χ3v) is 7.13. The van der Waals surface area contributed by atoms with Gasteiger partial charge in [0.25, 0.3) is 0 Å². The van der Waals surface area contributed by atoms with E-state index in [-0.39, 0.29) is 29.6 Å². The maximum Gasteiger partial charge on any atom is 0.328 e. The molecule has 28 heavy (non-hydrogen) atoms. The molecule has 0 radical (unpaired) electrons. The molecule has 1 saturated heterocycles. The van der Waals surface area contributed by atoms with E-state index in [2.05, 4.69) is 5.18 Å². The second kappa shape index (κ2) is 8.78. The predicted octanol–water partition coefficient (Wildman–Crippen LogP) is 1.89. The Hall–Kier alpha value is -2.33. The van der Waals surface area contributed by atoms with Gasteiger partial charge in [-0.05, 0) is 42.3 Å². The van der Waals surface area contributed by atoms with Crippen molar-refractivity contribution in [3.05, 3.63) is 29.2 Å². The molecule has 2 rings (SSSR count). The Kier molecular flexibility index (Phi) is 6.89. The zero-order chi connectivity index (χ0) is 21.1. The van der Waals surface area contributed by atoms with E-state index in [4.69, 9.17) is 4.74 Å². The van der Waals surface area contributed by atoms with E-state index in [1.54, 1.807) is 0 Å². The minimum Gasteiger partial charge on any atom is -0.467 e. The second-order valence-corrected chi connectivity index (χ2v) is 8.65. The Bertz CT molecular complexity index is 839. The van der Waals surface area contributed by atoms with Crippen molar-refractivity contribution >= 4 is 27.6 Å². The number of benzene rings is 1. The van der Waals surface area contributed by atoms with Crippen LogP contribution in [0.2, 0.25) is 0 Å². The Balaban J connectivity index is 2.30. The molecule has 0 N–H and O–H groups in total. The third-order valence-electron chi connectivity index (χ3n) is 5.14. The lowest BCUT2D eigenvalue weighted by Crippen LogP contribution is -2.62. The first-order valence-corrected chi connectivity index (χ1v) is 10.5. The number of carbonyl (C=O) groups is 2. The van der Waals surface area contributed by atoms with Gasteiger partial charge in [0, 0.05) is 13.1 Å². The summed E-state index contributed by atoms with van der Waals surface area (Å²) < 4.78 is 31.9. The van der Waals surface area contributed by atoms with Crippen LogP contribution in [0, 0.1) is 10.8 Å². The molecule has 0 bridgehead atoms. The highest BCUT2D eigenvalue weighted by atomic mass is 32.2. The van der Waals surface area contributed by atoms with Gasteiger partial charge in [-0.15, -0.1) is 4.91 Å². The number of piperazine rings is 1. The van der Waals surface area contributed by atoms with Crippen molar-refractivity contribution < 1.29 is 22.7 Å². The molecule has 0 aliphatic carbocycles. The molecule has 1 aromatic carbocycles. The Morgan fingerprint density at radius 2 is 1.89 bits per heavy atom. The zero-order valence-electron chi connectivity index (χ0n) is 16.4. The molecule has 154 valence electrons. The first-order valence-electron chi connectivity index (χ1n) is 9.02. The molecule has 1 aliphatic rings. The number of ether oxygens (including phenoxy) is 1. The molecule has 0 aromatic heterocycles. The molecule has 0 unspecified atom stereocenters. The van der Waals surface area contributed by atoms with Crippen molar-refractivity contribution in [3.8, 4) is 0 Å². The van der Waals surface area contributed by atoms with Crippen molar-refractivity contribution in [3.63, 3.8) is 0 Å². The number of carbonyl (C=O) groups excluding carboxylic acids is 2. The molecular weight excluding hydrogens is 386 g/mol. The quantitative estimate of drug-likeness (QED) is 0.500. The Morgan fingerprint density at radius 3 is 2.39 bits per heavy atom. The van der Waals surface area contributed by atoms with Crippen molar-refractivity contribution in [1.82, 2.24) is 9.21 Å². The molecular formula is C18H25N3O6S. The maximum atomic E-state index is 13.0.